The molecule has 3 aliphatic rings. The summed E-state index contributed by atoms with van der Waals surface area (Å²) in [6.07, 6.45) is 2.98. The number of anilines is 1. The minimum Gasteiger partial charge on any atom is -0.495 e. The molecule has 9 nitrogen and oxygen atoms in total. The van der Waals surface area contributed by atoms with Gasteiger partial charge in [0.2, 0.25) is 5.91 Å². The van der Waals surface area contributed by atoms with Crippen molar-refractivity contribution in [3.63, 3.8) is 0 Å². The Kier molecular flexibility index (Phi) is 6.15. The Morgan fingerprint density at radius 1 is 1.23 bits per heavy atom. The van der Waals surface area contributed by atoms with E-state index in [2.05, 4.69) is 10.6 Å². The molecule has 3 heterocycles. The molecular formula is C22H30N4O5. The van der Waals surface area contributed by atoms with Gasteiger partial charge in [-0.05, 0) is 49.4 Å². The number of rotatable bonds is 4. The number of imide groups is 1. The van der Waals surface area contributed by atoms with E-state index < -0.39 is 6.03 Å². The third-order valence-corrected chi connectivity index (χ3v) is 7.09. The van der Waals surface area contributed by atoms with Gasteiger partial charge >= 0.3 is 6.03 Å². The molecule has 1 aromatic carbocycles. The van der Waals surface area contributed by atoms with Gasteiger partial charge < -0.3 is 20.1 Å². The molecule has 3 N–H and O–H groups in total. The third-order valence-electron chi connectivity index (χ3n) is 7.09. The predicted octanol–water partition coefficient (Wildman–Crippen LogP) is 0.966. The maximum Gasteiger partial charge on any atom is 0.328 e. The largest absolute Gasteiger partial charge is 0.495 e. The van der Waals surface area contributed by atoms with Crippen molar-refractivity contribution in [1.82, 2.24) is 15.5 Å². The highest BCUT2D eigenvalue weighted by atomic mass is 16.5. The van der Waals surface area contributed by atoms with E-state index >= 15 is 0 Å². The zero-order valence-electron chi connectivity index (χ0n) is 17.9. The number of nitrogens with zero attached hydrogens (tertiary/aromatic N) is 2. The Balaban J connectivity index is 1.50. The summed E-state index contributed by atoms with van der Waals surface area (Å²) in [7, 11) is 1.51. The van der Waals surface area contributed by atoms with Crippen LogP contribution in [0.1, 0.15) is 36.0 Å². The monoisotopic (exact) mass is 430 g/mol. The summed E-state index contributed by atoms with van der Waals surface area (Å²) in [5.74, 6) is 0.307. The Labute approximate surface area is 181 Å². The van der Waals surface area contributed by atoms with Gasteiger partial charge in [-0.25, -0.2) is 4.79 Å². The number of aliphatic hydroxyl groups is 1. The smallest absolute Gasteiger partial charge is 0.328 e. The number of urea groups is 1. The van der Waals surface area contributed by atoms with Crippen LogP contribution in [0.2, 0.25) is 0 Å². The Bertz CT molecular complexity index is 865. The molecule has 3 saturated heterocycles. The lowest BCUT2D eigenvalue weighted by Gasteiger charge is -2.49. The summed E-state index contributed by atoms with van der Waals surface area (Å²) in [5, 5.41) is 15.5. The van der Waals surface area contributed by atoms with Crippen molar-refractivity contribution in [1.29, 1.82) is 0 Å². The highest BCUT2D eigenvalue weighted by molar-refractivity contribution is 6.07. The number of methoxy groups -OCH3 is 1. The number of hydrogen-bond acceptors (Lipinski definition) is 6. The van der Waals surface area contributed by atoms with Crippen molar-refractivity contribution in [3.8, 4) is 5.75 Å². The van der Waals surface area contributed by atoms with Gasteiger partial charge in [-0.3, -0.25) is 19.8 Å². The number of piperidine rings is 2. The van der Waals surface area contributed by atoms with Crippen LogP contribution in [0.3, 0.4) is 0 Å². The van der Waals surface area contributed by atoms with Gasteiger partial charge in [0, 0.05) is 50.7 Å². The first-order chi connectivity index (χ1) is 15.0. The first-order valence-electron chi connectivity index (χ1n) is 10.9. The Morgan fingerprint density at radius 3 is 2.68 bits per heavy atom. The molecule has 0 bridgehead atoms. The zero-order chi connectivity index (χ0) is 22.0. The van der Waals surface area contributed by atoms with Gasteiger partial charge in [-0.15, -0.1) is 0 Å². The van der Waals surface area contributed by atoms with Crippen molar-refractivity contribution in [2.45, 2.75) is 25.7 Å². The van der Waals surface area contributed by atoms with E-state index in [1.807, 2.05) is 4.90 Å². The molecule has 3 fully saturated rings. The molecule has 9 heteroatoms. The number of ether oxygens (including phenoxy) is 1. The van der Waals surface area contributed by atoms with E-state index in [-0.39, 0.29) is 42.7 Å². The second kappa shape index (κ2) is 8.84. The van der Waals surface area contributed by atoms with Crippen LogP contribution in [0.15, 0.2) is 18.2 Å². The van der Waals surface area contributed by atoms with E-state index in [1.165, 1.54) is 12.0 Å². The first-order valence-corrected chi connectivity index (χ1v) is 10.9. The standard InChI is InChI=1S/C22H30N4O5/c1-31-18-3-2-15(12-17(18)26-9-4-19(28)24-21(26)30)20(29)25-10-6-22(7-11-25)5-8-23-13-16(22)14-27/h2-3,12,16,23,27H,4-11,13-14H2,1H3,(H,24,28,30). The van der Waals surface area contributed by atoms with E-state index in [9.17, 15) is 19.5 Å². The van der Waals surface area contributed by atoms with Crippen molar-refractivity contribution < 1.29 is 24.2 Å². The zero-order valence-corrected chi connectivity index (χ0v) is 17.9. The molecule has 168 valence electrons. The van der Waals surface area contributed by atoms with Gasteiger partial charge in [0.05, 0.1) is 12.8 Å². The molecule has 1 spiro atoms. The summed E-state index contributed by atoms with van der Waals surface area (Å²) in [4.78, 5) is 40.3. The van der Waals surface area contributed by atoms with Gasteiger partial charge in [0.1, 0.15) is 5.75 Å². The number of carbonyl (C=O) groups excluding carboxylic acids is 3. The lowest BCUT2D eigenvalue weighted by molar-refractivity contribution is -0.120. The summed E-state index contributed by atoms with van der Waals surface area (Å²) in [5.41, 5.74) is 1.06. The SMILES string of the molecule is COc1ccc(C(=O)N2CCC3(CCNCC3CO)CC2)cc1N1CCC(=O)NC1=O. The average Bonchev–Trinajstić information content (AvgIpc) is 2.79. The van der Waals surface area contributed by atoms with E-state index in [0.717, 1.165) is 32.4 Å². The van der Waals surface area contributed by atoms with E-state index in [0.29, 0.717) is 30.1 Å². The Morgan fingerprint density at radius 2 is 2.00 bits per heavy atom. The van der Waals surface area contributed by atoms with Gasteiger partial charge in [-0.2, -0.15) is 0 Å². The lowest BCUT2D eigenvalue weighted by Crippen LogP contribution is -2.53. The number of carbonyl (C=O) groups is 3. The van der Waals surface area contributed by atoms with Crippen LogP contribution >= 0.6 is 0 Å². The fourth-order valence-corrected chi connectivity index (χ4v) is 5.12. The number of hydrogen-bond donors (Lipinski definition) is 3. The summed E-state index contributed by atoms with van der Waals surface area (Å²) in [6, 6.07) is 4.55. The molecule has 31 heavy (non-hydrogen) atoms. The van der Waals surface area contributed by atoms with Crippen LogP contribution in [-0.2, 0) is 4.79 Å². The summed E-state index contributed by atoms with van der Waals surface area (Å²) >= 11 is 0. The highest BCUT2D eigenvalue weighted by Gasteiger charge is 2.43. The normalized spacial score (nSPS) is 23.6. The predicted molar refractivity (Wildman–Crippen MR) is 114 cm³/mol. The molecule has 1 aromatic rings. The van der Waals surface area contributed by atoms with Crippen molar-refractivity contribution in [2.75, 3.05) is 51.3 Å². The Hall–Kier alpha value is -2.65. The van der Waals surface area contributed by atoms with Crippen molar-refractivity contribution in [2.24, 2.45) is 11.3 Å². The molecule has 0 radical (unpaired) electrons. The number of nitrogens with one attached hydrogen (secondary N) is 2. The minimum atomic E-state index is -0.514. The van der Waals surface area contributed by atoms with Crippen LogP contribution in [0.5, 0.6) is 5.75 Å². The number of amides is 4. The number of aliphatic hydroxyl groups excluding tert-OH is 1. The highest BCUT2D eigenvalue weighted by Crippen LogP contribution is 2.43. The van der Waals surface area contributed by atoms with E-state index in [1.54, 1.807) is 18.2 Å². The van der Waals surface area contributed by atoms with Crippen LogP contribution in [0.4, 0.5) is 10.5 Å². The molecule has 1 unspecified atom stereocenters. The second-order valence-electron chi connectivity index (χ2n) is 8.63. The van der Waals surface area contributed by atoms with Gasteiger partial charge in [-0.1, -0.05) is 0 Å². The quantitative estimate of drug-likeness (QED) is 0.656. The molecule has 0 aliphatic carbocycles. The molecule has 0 aromatic heterocycles. The molecular weight excluding hydrogens is 400 g/mol. The van der Waals surface area contributed by atoms with Crippen LogP contribution in [0, 0.1) is 11.3 Å². The molecule has 0 saturated carbocycles. The fourth-order valence-electron chi connectivity index (χ4n) is 5.12. The van der Waals surface area contributed by atoms with Crippen LogP contribution in [-0.4, -0.2) is 74.3 Å². The summed E-state index contributed by atoms with van der Waals surface area (Å²) < 4.78 is 5.39. The van der Waals surface area contributed by atoms with Gasteiger partial charge in [0.15, 0.2) is 0 Å². The van der Waals surface area contributed by atoms with Crippen LogP contribution < -0.4 is 20.3 Å². The third kappa shape index (κ3) is 4.12. The minimum absolute atomic E-state index is 0.0817. The van der Waals surface area contributed by atoms with Crippen molar-refractivity contribution in [3.05, 3.63) is 23.8 Å². The molecule has 4 rings (SSSR count). The number of benzene rings is 1. The van der Waals surface area contributed by atoms with Gasteiger partial charge in [0.25, 0.3) is 5.91 Å². The maximum atomic E-state index is 13.2. The maximum absolute atomic E-state index is 13.2. The van der Waals surface area contributed by atoms with Crippen LogP contribution in [0.25, 0.3) is 0 Å². The topological polar surface area (TPSA) is 111 Å². The lowest BCUT2D eigenvalue weighted by atomic mass is 9.65. The van der Waals surface area contributed by atoms with Crippen molar-refractivity contribution >= 4 is 23.5 Å². The molecule has 1 atom stereocenters. The first kappa shape index (κ1) is 21.6. The fraction of sp³-hybridized carbons (Fsp3) is 0.591. The van der Waals surface area contributed by atoms with E-state index in [4.69, 9.17) is 4.74 Å². The summed E-state index contributed by atoms with van der Waals surface area (Å²) in [6.45, 7) is 3.48. The molecule has 3 aliphatic heterocycles. The molecule has 4 amide bonds. The number of likely N-dealkylation sites (tertiary alicyclic amines) is 1. The second-order valence-corrected chi connectivity index (χ2v) is 8.63. The average molecular weight is 431 g/mol.